The van der Waals surface area contributed by atoms with E-state index in [1.807, 2.05) is 18.2 Å². The molecule has 1 atom stereocenters. The number of phenolic OH excluding ortho intramolecular Hbond substituents is 1. The fourth-order valence-corrected chi connectivity index (χ4v) is 6.24. The molecule has 1 aromatic heterocycles. The van der Waals surface area contributed by atoms with E-state index in [-0.39, 0.29) is 29.8 Å². The third-order valence-electron chi connectivity index (χ3n) is 5.72. The highest BCUT2D eigenvalue weighted by molar-refractivity contribution is 9.10. The molecule has 5 rings (SSSR count). The van der Waals surface area contributed by atoms with E-state index in [1.165, 1.54) is 16.4 Å². The van der Waals surface area contributed by atoms with Crippen molar-refractivity contribution in [2.45, 2.75) is 23.9 Å². The van der Waals surface area contributed by atoms with Crippen molar-refractivity contribution >= 4 is 37.6 Å². The summed E-state index contributed by atoms with van der Waals surface area (Å²) in [5.41, 5.74) is 1.21. The highest BCUT2D eigenvalue weighted by Gasteiger charge is 2.36. The monoisotopic (exact) mass is 533 g/mol. The molecule has 1 unspecified atom stereocenters. The average molecular weight is 534 g/mol. The highest BCUT2D eigenvalue weighted by Crippen LogP contribution is 2.36. The predicted octanol–water partition coefficient (Wildman–Crippen LogP) is 3.64. The van der Waals surface area contributed by atoms with Gasteiger partial charge in [-0.25, -0.2) is 17.5 Å². The summed E-state index contributed by atoms with van der Waals surface area (Å²) in [5.74, 6) is 0.920. The number of phenols is 1. The van der Waals surface area contributed by atoms with Crippen LogP contribution in [0.1, 0.15) is 23.6 Å². The molecule has 0 fully saturated rings. The van der Waals surface area contributed by atoms with Crippen molar-refractivity contribution in [2.75, 3.05) is 18.4 Å². The van der Waals surface area contributed by atoms with Crippen molar-refractivity contribution in [2.24, 2.45) is 0 Å². The van der Waals surface area contributed by atoms with E-state index in [1.54, 1.807) is 29.1 Å². The van der Waals surface area contributed by atoms with Gasteiger partial charge in [-0.05, 0) is 46.1 Å². The van der Waals surface area contributed by atoms with Gasteiger partial charge in [0.25, 0.3) is 0 Å². The van der Waals surface area contributed by atoms with E-state index in [4.69, 9.17) is 0 Å². The van der Waals surface area contributed by atoms with E-state index in [9.17, 15) is 17.9 Å². The molecule has 0 saturated heterocycles. The van der Waals surface area contributed by atoms with Crippen molar-refractivity contribution in [1.29, 1.82) is 0 Å². The summed E-state index contributed by atoms with van der Waals surface area (Å²) in [6, 6.07) is 11.2. The predicted molar refractivity (Wildman–Crippen MR) is 125 cm³/mol. The Kier molecular flexibility index (Phi) is 5.63. The van der Waals surface area contributed by atoms with Crippen LogP contribution in [0.3, 0.4) is 0 Å². The number of fused-ring (bicyclic) bond motifs is 2. The molecule has 172 valence electrons. The summed E-state index contributed by atoms with van der Waals surface area (Å²) < 4.78 is 43.3. The molecule has 3 aromatic rings. The maximum Gasteiger partial charge on any atom is 0.246 e. The SMILES string of the molecule is O=S1(=O)c2c(F)cccc2CN1CCCNC1=CC(c2ccccc2O)Nc2c(Br)cnn21. The van der Waals surface area contributed by atoms with E-state index in [0.717, 1.165) is 15.9 Å². The molecule has 11 heteroatoms. The standard InChI is InChI=1S/C22H21BrFN5O3S/c23-16-12-26-29-20(11-18(27-22(16)29)15-6-1-2-8-19(15)30)25-9-4-10-28-13-14-5-3-7-17(24)21(14)33(28,31)32/h1-3,5-8,11-12,18,25,27,30H,4,9-10,13H2. The van der Waals surface area contributed by atoms with Crippen LogP contribution in [0.4, 0.5) is 10.2 Å². The second-order valence-electron chi connectivity index (χ2n) is 7.83. The minimum absolute atomic E-state index is 0.174. The van der Waals surface area contributed by atoms with Gasteiger partial charge in [0.2, 0.25) is 10.0 Å². The molecule has 0 radical (unpaired) electrons. The van der Waals surface area contributed by atoms with Gasteiger partial charge in [-0.1, -0.05) is 30.3 Å². The molecule has 3 heterocycles. The van der Waals surface area contributed by atoms with Gasteiger partial charge in [0, 0.05) is 25.2 Å². The van der Waals surface area contributed by atoms with Gasteiger partial charge < -0.3 is 15.7 Å². The number of hydrogen-bond donors (Lipinski definition) is 3. The van der Waals surface area contributed by atoms with E-state index in [2.05, 4.69) is 31.7 Å². The van der Waals surface area contributed by atoms with Crippen molar-refractivity contribution in [3.05, 3.63) is 76.2 Å². The van der Waals surface area contributed by atoms with Crippen LogP contribution in [-0.2, 0) is 16.6 Å². The third-order valence-corrected chi connectivity index (χ3v) is 8.27. The molecule has 0 aliphatic carbocycles. The topological polar surface area (TPSA) is 99.5 Å². The van der Waals surface area contributed by atoms with Crippen LogP contribution >= 0.6 is 15.9 Å². The number of halogens is 2. The number of aromatic nitrogens is 2. The molecule has 0 spiro atoms. The molecule has 8 nitrogen and oxygen atoms in total. The third kappa shape index (κ3) is 3.90. The fraction of sp³-hybridized carbons (Fsp3) is 0.227. The summed E-state index contributed by atoms with van der Waals surface area (Å²) in [5, 5.41) is 21.3. The van der Waals surface area contributed by atoms with Gasteiger partial charge in [0.1, 0.15) is 28.1 Å². The van der Waals surface area contributed by atoms with Gasteiger partial charge in [0.05, 0.1) is 16.7 Å². The van der Waals surface area contributed by atoms with Gasteiger partial charge in [-0.15, -0.1) is 0 Å². The van der Waals surface area contributed by atoms with Crippen LogP contribution in [0, 0.1) is 5.82 Å². The first kappa shape index (κ1) is 21.9. The summed E-state index contributed by atoms with van der Waals surface area (Å²) in [4.78, 5) is -0.212. The smallest absolute Gasteiger partial charge is 0.246 e. The second kappa shape index (κ2) is 8.47. The number of sulfonamides is 1. The molecule has 0 saturated carbocycles. The normalized spacial score (nSPS) is 18.8. The number of aromatic hydroxyl groups is 1. The van der Waals surface area contributed by atoms with Crippen LogP contribution in [0.2, 0.25) is 0 Å². The Morgan fingerprint density at radius 2 is 2.06 bits per heavy atom. The average Bonchev–Trinajstić information content (AvgIpc) is 3.28. The molecular weight excluding hydrogens is 513 g/mol. The minimum Gasteiger partial charge on any atom is -0.508 e. The summed E-state index contributed by atoms with van der Waals surface area (Å²) >= 11 is 3.49. The van der Waals surface area contributed by atoms with Crippen molar-refractivity contribution in [3.63, 3.8) is 0 Å². The largest absolute Gasteiger partial charge is 0.508 e. The van der Waals surface area contributed by atoms with Gasteiger partial charge in [-0.2, -0.15) is 9.40 Å². The quantitative estimate of drug-likeness (QED) is 0.418. The van der Waals surface area contributed by atoms with Crippen molar-refractivity contribution in [3.8, 4) is 5.75 Å². The molecule has 2 aromatic carbocycles. The first-order valence-corrected chi connectivity index (χ1v) is 12.6. The Bertz CT molecular complexity index is 1360. The molecule has 0 bridgehead atoms. The maximum absolute atomic E-state index is 14.1. The number of rotatable bonds is 6. The zero-order valence-corrected chi connectivity index (χ0v) is 19.8. The fourth-order valence-electron chi connectivity index (χ4n) is 4.15. The highest BCUT2D eigenvalue weighted by atomic mass is 79.9. The molecule has 2 aliphatic heterocycles. The zero-order chi connectivity index (χ0) is 23.2. The molecule has 0 amide bonds. The number of para-hydroxylation sites is 1. The summed E-state index contributed by atoms with van der Waals surface area (Å²) in [6.45, 7) is 0.905. The zero-order valence-electron chi connectivity index (χ0n) is 17.4. The number of benzene rings is 2. The minimum atomic E-state index is -3.82. The van der Waals surface area contributed by atoms with Crippen LogP contribution in [0.25, 0.3) is 5.82 Å². The Morgan fingerprint density at radius 1 is 1.24 bits per heavy atom. The summed E-state index contributed by atoms with van der Waals surface area (Å²) in [7, 11) is -3.82. The van der Waals surface area contributed by atoms with Crippen LogP contribution in [-0.4, -0.2) is 40.7 Å². The van der Waals surface area contributed by atoms with Gasteiger partial charge in [0.15, 0.2) is 0 Å². The van der Waals surface area contributed by atoms with Crippen LogP contribution < -0.4 is 10.6 Å². The molecular formula is C22H21BrFN5O3S. The lowest BCUT2D eigenvalue weighted by Crippen LogP contribution is -2.30. The van der Waals surface area contributed by atoms with E-state index >= 15 is 0 Å². The maximum atomic E-state index is 14.1. The number of nitrogens with zero attached hydrogens (tertiary/aromatic N) is 3. The van der Waals surface area contributed by atoms with Crippen LogP contribution in [0.15, 0.2) is 64.1 Å². The Labute approximate surface area is 198 Å². The first-order valence-electron chi connectivity index (χ1n) is 10.4. The Hall–Kier alpha value is -2.89. The van der Waals surface area contributed by atoms with E-state index in [0.29, 0.717) is 24.4 Å². The number of hydrogen-bond acceptors (Lipinski definition) is 6. The summed E-state index contributed by atoms with van der Waals surface area (Å²) in [6.07, 6.45) is 4.10. The number of anilines is 1. The lowest BCUT2D eigenvalue weighted by molar-refractivity contribution is 0.415. The van der Waals surface area contributed by atoms with Gasteiger partial charge >= 0.3 is 0 Å². The lowest BCUT2D eigenvalue weighted by Gasteiger charge is -2.26. The van der Waals surface area contributed by atoms with Crippen molar-refractivity contribution in [1.82, 2.24) is 19.4 Å². The van der Waals surface area contributed by atoms with Gasteiger partial charge in [-0.3, -0.25) is 0 Å². The number of nitrogens with one attached hydrogen (secondary N) is 2. The molecule has 2 aliphatic rings. The molecule has 33 heavy (non-hydrogen) atoms. The van der Waals surface area contributed by atoms with E-state index < -0.39 is 15.8 Å². The second-order valence-corrected chi connectivity index (χ2v) is 10.6. The Balaban J connectivity index is 1.29. The first-order chi connectivity index (χ1) is 15.9. The lowest BCUT2D eigenvalue weighted by atomic mass is 10.0. The molecule has 3 N–H and O–H groups in total. The Morgan fingerprint density at radius 3 is 2.85 bits per heavy atom. The van der Waals surface area contributed by atoms with Crippen molar-refractivity contribution < 1.29 is 17.9 Å². The van der Waals surface area contributed by atoms with Crippen LogP contribution in [0.5, 0.6) is 5.75 Å².